The zero-order valence-corrected chi connectivity index (χ0v) is 21.3. The number of carbonyl (C=O) groups is 3. The first-order valence-electron chi connectivity index (χ1n) is 12.4. The molecular formula is C28H31ClN4O4. The van der Waals surface area contributed by atoms with Gasteiger partial charge in [0.15, 0.2) is 6.61 Å². The van der Waals surface area contributed by atoms with Crippen LogP contribution in [0, 0.1) is 0 Å². The molecule has 194 valence electrons. The molecule has 0 radical (unpaired) electrons. The summed E-state index contributed by atoms with van der Waals surface area (Å²) in [5, 5.41) is 14.4. The lowest BCUT2D eigenvalue weighted by molar-refractivity contribution is -0.135. The lowest BCUT2D eigenvalue weighted by Crippen LogP contribution is -2.63. The molecule has 0 spiro atoms. The van der Waals surface area contributed by atoms with Crippen LogP contribution in [0.2, 0.25) is 5.02 Å². The number of carbonyl (C=O) groups excluding carboxylic acids is 3. The Kier molecular flexibility index (Phi) is 8.98. The Morgan fingerprint density at radius 1 is 0.865 bits per heavy atom. The van der Waals surface area contributed by atoms with E-state index in [2.05, 4.69) is 21.3 Å². The number of piperidine rings is 1. The molecule has 1 saturated heterocycles. The molecule has 37 heavy (non-hydrogen) atoms. The Morgan fingerprint density at radius 3 is 2.38 bits per heavy atom. The standard InChI is InChI=1S/C28H31ClN4O4/c29-23-10-3-4-11-24(23)37-19-26(35)33-28(12-14-30-15-13-28)27(36)32-17-16-31-25(34)18-21-8-5-7-20-6-1-2-9-22(20)21/h1-11,30H,12-19H2,(H,31,34)(H,32,36)(H,33,35). The molecule has 1 aliphatic heterocycles. The van der Waals surface area contributed by atoms with Crippen molar-refractivity contribution in [3.05, 3.63) is 77.3 Å². The zero-order chi connectivity index (χ0) is 26.1. The summed E-state index contributed by atoms with van der Waals surface area (Å²) < 4.78 is 5.53. The first kappa shape index (κ1) is 26.4. The summed E-state index contributed by atoms with van der Waals surface area (Å²) in [6.45, 7) is 1.48. The van der Waals surface area contributed by atoms with E-state index < -0.39 is 11.4 Å². The Labute approximate surface area is 221 Å². The Balaban J connectivity index is 1.26. The van der Waals surface area contributed by atoms with Crippen molar-refractivity contribution in [2.75, 3.05) is 32.8 Å². The van der Waals surface area contributed by atoms with Crippen molar-refractivity contribution < 1.29 is 19.1 Å². The molecule has 0 atom stereocenters. The summed E-state index contributed by atoms with van der Waals surface area (Å²) in [5.74, 6) is -0.390. The first-order chi connectivity index (χ1) is 18.0. The highest BCUT2D eigenvalue weighted by Gasteiger charge is 2.40. The van der Waals surface area contributed by atoms with Gasteiger partial charge in [-0.05, 0) is 54.4 Å². The number of fused-ring (bicyclic) bond motifs is 1. The summed E-state index contributed by atoms with van der Waals surface area (Å²) in [5.41, 5.74) is -0.0888. The Hall–Kier alpha value is -3.62. The van der Waals surface area contributed by atoms with Gasteiger partial charge in [0, 0.05) is 13.1 Å². The highest BCUT2D eigenvalue weighted by molar-refractivity contribution is 6.32. The van der Waals surface area contributed by atoms with E-state index in [-0.39, 0.29) is 37.9 Å². The summed E-state index contributed by atoms with van der Waals surface area (Å²) in [6.07, 6.45) is 1.15. The number of amides is 3. The van der Waals surface area contributed by atoms with Gasteiger partial charge in [0.2, 0.25) is 11.8 Å². The molecule has 3 aromatic carbocycles. The van der Waals surface area contributed by atoms with Gasteiger partial charge in [-0.25, -0.2) is 0 Å². The predicted octanol–water partition coefficient (Wildman–Crippen LogP) is 2.59. The third kappa shape index (κ3) is 6.99. The smallest absolute Gasteiger partial charge is 0.258 e. The van der Waals surface area contributed by atoms with E-state index in [1.165, 1.54) is 0 Å². The van der Waals surface area contributed by atoms with Gasteiger partial charge in [-0.15, -0.1) is 0 Å². The number of halogens is 1. The molecule has 0 aliphatic carbocycles. The van der Waals surface area contributed by atoms with Crippen LogP contribution in [0.5, 0.6) is 5.75 Å². The van der Waals surface area contributed by atoms with Gasteiger partial charge in [-0.1, -0.05) is 66.2 Å². The average molecular weight is 523 g/mol. The molecular weight excluding hydrogens is 492 g/mol. The van der Waals surface area contributed by atoms with Crippen LogP contribution in [0.25, 0.3) is 10.8 Å². The van der Waals surface area contributed by atoms with Gasteiger partial charge < -0.3 is 26.0 Å². The highest BCUT2D eigenvalue weighted by atomic mass is 35.5. The third-order valence-electron chi connectivity index (χ3n) is 6.43. The maximum Gasteiger partial charge on any atom is 0.258 e. The van der Waals surface area contributed by atoms with Crippen LogP contribution < -0.4 is 26.0 Å². The second kappa shape index (κ2) is 12.6. The van der Waals surface area contributed by atoms with Crippen LogP contribution in [0.1, 0.15) is 18.4 Å². The van der Waals surface area contributed by atoms with Crippen LogP contribution in [-0.4, -0.2) is 56.0 Å². The van der Waals surface area contributed by atoms with E-state index in [4.69, 9.17) is 16.3 Å². The molecule has 0 bridgehead atoms. The van der Waals surface area contributed by atoms with Gasteiger partial charge in [0.05, 0.1) is 11.4 Å². The van der Waals surface area contributed by atoms with Gasteiger partial charge >= 0.3 is 0 Å². The monoisotopic (exact) mass is 522 g/mol. The normalized spacial score (nSPS) is 14.5. The molecule has 1 fully saturated rings. The fraction of sp³-hybridized carbons (Fsp3) is 0.321. The first-order valence-corrected chi connectivity index (χ1v) is 12.8. The van der Waals surface area contributed by atoms with Gasteiger partial charge in [0.25, 0.3) is 5.91 Å². The molecule has 4 rings (SSSR count). The van der Waals surface area contributed by atoms with Crippen LogP contribution >= 0.6 is 11.6 Å². The lowest BCUT2D eigenvalue weighted by atomic mass is 9.87. The predicted molar refractivity (Wildman–Crippen MR) is 144 cm³/mol. The van der Waals surface area contributed by atoms with E-state index in [1.807, 2.05) is 42.5 Å². The minimum absolute atomic E-state index is 0.118. The van der Waals surface area contributed by atoms with E-state index >= 15 is 0 Å². The molecule has 4 N–H and O–H groups in total. The van der Waals surface area contributed by atoms with Crippen LogP contribution in [0.3, 0.4) is 0 Å². The van der Waals surface area contributed by atoms with Crippen molar-refractivity contribution in [1.29, 1.82) is 0 Å². The maximum absolute atomic E-state index is 13.1. The van der Waals surface area contributed by atoms with Crippen molar-refractivity contribution in [3.8, 4) is 5.75 Å². The minimum atomic E-state index is -1.04. The van der Waals surface area contributed by atoms with Crippen molar-refractivity contribution in [3.63, 3.8) is 0 Å². The van der Waals surface area contributed by atoms with Crippen LogP contribution in [0.4, 0.5) is 0 Å². The highest BCUT2D eigenvalue weighted by Crippen LogP contribution is 2.23. The lowest BCUT2D eigenvalue weighted by Gasteiger charge is -2.37. The fourth-order valence-electron chi connectivity index (χ4n) is 4.50. The van der Waals surface area contributed by atoms with E-state index in [0.717, 1.165) is 16.3 Å². The zero-order valence-electron chi connectivity index (χ0n) is 20.5. The van der Waals surface area contributed by atoms with E-state index in [0.29, 0.717) is 36.7 Å². The summed E-state index contributed by atoms with van der Waals surface area (Å²) in [7, 11) is 0. The van der Waals surface area contributed by atoms with Crippen LogP contribution in [-0.2, 0) is 20.8 Å². The quantitative estimate of drug-likeness (QED) is 0.306. The Morgan fingerprint density at radius 2 is 1.57 bits per heavy atom. The molecule has 8 nitrogen and oxygen atoms in total. The molecule has 0 unspecified atom stereocenters. The van der Waals surface area contributed by atoms with Gasteiger partial charge in [0.1, 0.15) is 11.3 Å². The van der Waals surface area contributed by atoms with E-state index in [9.17, 15) is 14.4 Å². The fourth-order valence-corrected chi connectivity index (χ4v) is 4.69. The van der Waals surface area contributed by atoms with Crippen molar-refractivity contribution >= 4 is 40.1 Å². The second-order valence-corrected chi connectivity index (χ2v) is 9.43. The molecule has 1 aliphatic rings. The van der Waals surface area contributed by atoms with Gasteiger partial charge in [-0.3, -0.25) is 14.4 Å². The molecule has 0 aromatic heterocycles. The number of ether oxygens (including phenoxy) is 1. The SMILES string of the molecule is O=C(Cc1cccc2ccccc12)NCCNC(=O)C1(NC(=O)COc2ccccc2Cl)CCNCC1. The number of benzene rings is 3. The second-order valence-electron chi connectivity index (χ2n) is 9.02. The minimum Gasteiger partial charge on any atom is -0.482 e. The van der Waals surface area contributed by atoms with Crippen molar-refractivity contribution in [2.45, 2.75) is 24.8 Å². The third-order valence-corrected chi connectivity index (χ3v) is 6.74. The number of hydrogen-bond donors (Lipinski definition) is 4. The summed E-state index contributed by atoms with van der Waals surface area (Å²) in [6, 6.07) is 20.8. The van der Waals surface area contributed by atoms with Crippen LogP contribution in [0.15, 0.2) is 66.7 Å². The van der Waals surface area contributed by atoms with E-state index in [1.54, 1.807) is 24.3 Å². The number of para-hydroxylation sites is 1. The largest absolute Gasteiger partial charge is 0.482 e. The topological polar surface area (TPSA) is 109 Å². The average Bonchev–Trinajstić information content (AvgIpc) is 2.91. The summed E-state index contributed by atoms with van der Waals surface area (Å²) >= 11 is 6.08. The molecule has 3 amide bonds. The van der Waals surface area contributed by atoms with Gasteiger partial charge in [-0.2, -0.15) is 0 Å². The summed E-state index contributed by atoms with van der Waals surface area (Å²) in [4.78, 5) is 38.3. The number of hydrogen-bond acceptors (Lipinski definition) is 5. The molecule has 9 heteroatoms. The molecule has 3 aromatic rings. The Bertz CT molecular complexity index is 1250. The molecule has 0 saturated carbocycles. The van der Waals surface area contributed by atoms with Crippen molar-refractivity contribution in [1.82, 2.24) is 21.3 Å². The number of nitrogens with one attached hydrogen (secondary N) is 4. The van der Waals surface area contributed by atoms with Crippen molar-refractivity contribution in [2.24, 2.45) is 0 Å². The molecule has 1 heterocycles. The number of rotatable bonds is 10. The maximum atomic E-state index is 13.1.